The molecule has 2 fully saturated rings. The number of hydrogen-bond donors (Lipinski definition) is 0. The summed E-state index contributed by atoms with van der Waals surface area (Å²) in [6, 6.07) is 6.33. The maximum absolute atomic E-state index is 6.20. The smallest absolute Gasteiger partial charge is 0.495 e. The van der Waals surface area contributed by atoms with Gasteiger partial charge in [-0.2, -0.15) is 0 Å². The highest BCUT2D eigenvalue weighted by Crippen LogP contribution is 2.37. The number of piperidine rings is 1. The van der Waals surface area contributed by atoms with Gasteiger partial charge in [-0.25, -0.2) is 0 Å². The maximum atomic E-state index is 6.20. The molecular formula is C18H28BNO3. The van der Waals surface area contributed by atoms with Crippen LogP contribution in [0.1, 0.15) is 47.0 Å². The van der Waals surface area contributed by atoms with E-state index in [4.69, 9.17) is 14.0 Å². The van der Waals surface area contributed by atoms with Crippen LogP contribution in [0.4, 0.5) is 5.69 Å². The fourth-order valence-electron chi connectivity index (χ4n) is 3.17. The average Bonchev–Trinajstić information content (AvgIpc) is 2.76. The Morgan fingerprint density at radius 1 is 0.957 bits per heavy atom. The number of rotatable bonds is 3. The largest absolute Gasteiger partial charge is 0.497 e. The van der Waals surface area contributed by atoms with E-state index in [1.54, 1.807) is 7.11 Å². The van der Waals surface area contributed by atoms with Crippen LogP contribution in [0, 0.1) is 0 Å². The zero-order valence-corrected chi connectivity index (χ0v) is 15.0. The summed E-state index contributed by atoms with van der Waals surface area (Å²) in [5.74, 6) is 0.859. The Balaban J connectivity index is 1.90. The number of anilines is 1. The molecule has 2 aliphatic rings. The van der Waals surface area contributed by atoms with Crippen LogP contribution in [0.15, 0.2) is 18.2 Å². The number of benzene rings is 1. The lowest BCUT2D eigenvalue weighted by Crippen LogP contribution is -2.41. The Morgan fingerprint density at radius 2 is 1.57 bits per heavy atom. The summed E-state index contributed by atoms with van der Waals surface area (Å²) in [6.07, 6.45) is 3.83. The van der Waals surface area contributed by atoms with Crippen molar-refractivity contribution in [2.75, 3.05) is 25.1 Å². The van der Waals surface area contributed by atoms with Gasteiger partial charge in [0.25, 0.3) is 0 Å². The third-order valence-corrected chi connectivity index (χ3v) is 5.40. The Kier molecular flexibility index (Phi) is 4.36. The first-order valence-electron chi connectivity index (χ1n) is 8.62. The van der Waals surface area contributed by atoms with E-state index in [-0.39, 0.29) is 18.3 Å². The number of methoxy groups -OCH3 is 1. The van der Waals surface area contributed by atoms with Crippen LogP contribution in [0.5, 0.6) is 5.75 Å². The monoisotopic (exact) mass is 317 g/mol. The second kappa shape index (κ2) is 6.02. The van der Waals surface area contributed by atoms with E-state index in [1.807, 2.05) is 6.07 Å². The Bertz CT molecular complexity index is 551. The van der Waals surface area contributed by atoms with Crippen molar-refractivity contribution in [3.63, 3.8) is 0 Å². The molecule has 126 valence electrons. The zero-order chi connectivity index (χ0) is 16.7. The van der Waals surface area contributed by atoms with Gasteiger partial charge in [0.15, 0.2) is 0 Å². The highest BCUT2D eigenvalue weighted by Gasteiger charge is 2.51. The van der Waals surface area contributed by atoms with E-state index >= 15 is 0 Å². The van der Waals surface area contributed by atoms with Gasteiger partial charge in [0.1, 0.15) is 5.75 Å². The molecule has 23 heavy (non-hydrogen) atoms. The van der Waals surface area contributed by atoms with Crippen LogP contribution in [-0.2, 0) is 9.31 Å². The van der Waals surface area contributed by atoms with Crippen LogP contribution in [0.25, 0.3) is 0 Å². The van der Waals surface area contributed by atoms with Gasteiger partial charge in [-0.15, -0.1) is 0 Å². The summed E-state index contributed by atoms with van der Waals surface area (Å²) < 4.78 is 17.9. The quantitative estimate of drug-likeness (QED) is 0.802. The third-order valence-electron chi connectivity index (χ3n) is 5.40. The third kappa shape index (κ3) is 3.22. The fraction of sp³-hybridized carbons (Fsp3) is 0.667. The summed E-state index contributed by atoms with van der Waals surface area (Å²) in [5.41, 5.74) is 1.58. The number of ether oxygens (including phenoxy) is 1. The van der Waals surface area contributed by atoms with E-state index < -0.39 is 0 Å². The highest BCUT2D eigenvalue weighted by atomic mass is 16.7. The van der Waals surface area contributed by atoms with Crippen molar-refractivity contribution in [3.8, 4) is 5.75 Å². The Morgan fingerprint density at radius 3 is 2.13 bits per heavy atom. The molecule has 0 bridgehead atoms. The lowest BCUT2D eigenvalue weighted by atomic mass is 9.78. The molecule has 2 saturated heterocycles. The SMILES string of the molecule is COc1cc(B2OC(C)(C)C(C)(C)O2)cc(N2CCCCC2)c1. The summed E-state index contributed by atoms with van der Waals surface area (Å²) in [4.78, 5) is 2.43. The van der Waals surface area contributed by atoms with Crippen LogP contribution in [-0.4, -0.2) is 38.5 Å². The van der Waals surface area contributed by atoms with E-state index in [9.17, 15) is 0 Å². The van der Waals surface area contributed by atoms with Crippen molar-refractivity contribution < 1.29 is 14.0 Å². The van der Waals surface area contributed by atoms with Gasteiger partial charge in [0, 0.05) is 24.8 Å². The van der Waals surface area contributed by atoms with Crippen LogP contribution < -0.4 is 15.1 Å². The Hall–Kier alpha value is -1.20. The van der Waals surface area contributed by atoms with Gasteiger partial charge in [-0.1, -0.05) is 0 Å². The first kappa shape index (κ1) is 16.7. The molecule has 0 N–H and O–H groups in total. The van der Waals surface area contributed by atoms with Gasteiger partial charge in [-0.05, 0) is 64.6 Å². The minimum atomic E-state index is -0.348. The van der Waals surface area contributed by atoms with Crippen molar-refractivity contribution in [2.45, 2.75) is 58.2 Å². The molecule has 0 radical (unpaired) electrons. The van der Waals surface area contributed by atoms with Gasteiger partial charge < -0.3 is 18.9 Å². The molecule has 5 heteroatoms. The molecule has 0 atom stereocenters. The van der Waals surface area contributed by atoms with Crippen molar-refractivity contribution in [2.24, 2.45) is 0 Å². The molecule has 3 rings (SSSR count). The molecule has 1 aromatic carbocycles. The lowest BCUT2D eigenvalue weighted by Gasteiger charge is -2.32. The van der Waals surface area contributed by atoms with Crippen LogP contribution in [0.3, 0.4) is 0 Å². The van der Waals surface area contributed by atoms with Crippen molar-refractivity contribution in [1.82, 2.24) is 0 Å². The van der Waals surface area contributed by atoms with E-state index in [0.29, 0.717) is 0 Å². The zero-order valence-electron chi connectivity index (χ0n) is 15.0. The second-order valence-corrected chi connectivity index (χ2v) is 7.60. The standard InChI is InChI=1S/C18H28BNO3/c1-17(2)18(3,4)23-19(22-17)14-11-15(13-16(12-14)21-5)20-9-7-6-8-10-20/h11-13H,6-10H2,1-5H3. The molecule has 0 unspecified atom stereocenters. The van der Waals surface area contributed by atoms with Crippen LogP contribution >= 0.6 is 0 Å². The maximum Gasteiger partial charge on any atom is 0.495 e. The molecule has 1 aromatic rings. The second-order valence-electron chi connectivity index (χ2n) is 7.60. The van der Waals surface area contributed by atoms with Crippen molar-refractivity contribution in [3.05, 3.63) is 18.2 Å². The predicted octanol–water partition coefficient (Wildman–Crippen LogP) is 2.98. The van der Waals surface area contributed by atoms with Crippen LogP contribution in [0.2, 0.25) is 0 Å². The van der Waals surface area contributed by atoms with Gasteiger partial charge in [0.05, 0.1) is 18.3 Å². The molecular weight excluding hydrogens is 289 g/mol. The molecule has 2 heterocycles. The molecule has 2 aliphatic heterocycles. The van der Waals surface area contributed by atoms with Gasteiger partial charge >= 0.3 is 7.12 Å². The molecule has 0 aliphatic carbocycles. The minimum absolute atomic E-state index is 0.327. The van der Waals surface area contributed by atoms with E-state index in [2.05, 4.69) is 44.7 Å². The van der Waals surface area contributed by atoms with E-state index in [0.717, 1.165) is 24.3 Å². The first-order chi connectivity index (χ1) is 10.8. The summed E-state index contributed by atoms with van der Waals surface area (Å²) in [7, 11) is 1.36. The molecule has 0 aromatic heterocycles. The first-order valence-corrected chi connectivity index (χ1v) is 8.62. The predicted molar refractivity (Wildman–Crippen MR) is 94.8 cm³/mol. The minimum Gasteiger partial charge on any atom is -0.497 e. The van der Waals surface area contributed by atoms with Crippen molar-refractivity contribution >= 4 is 18.3 Å². The topological polar surface area (TPSA) is 30.9 Å². The average molecular weight is 317 g/mol. The molecule has 0 saturated carbocycles. The summed E-state index contributed by atoms with van der Waals surface area (Å²) >= 11 is 0. The Labute approximate surface area is 140 Å². The summed E-state index contributed by atoms with van der Waals surface area (Å²) in [5, 5.41) is 0. The molecule has 0 spiro atoms. The fourth-order valence-corrected chi connectivity index (χ4v) is 3.17. The van der Waals surface area contributed by atoms with E-state index in [1.165, 1.54) is 24.9 Å². The van der Waals surface area contributed by atoms with Gasteiger partial charge in [-0.3, -0.25) is 0 Å². The highest BCUT2D eigenvalue weighted by molar-refractivity contribution is 6.62. The number of hydrogen-bond acceptors (Lipinski definition) is 4. The summed E-state index contributed by atoms with van der Waals surface area (Å²) in [6.45, 7) is 10.5. The molecule has 0 amide bonds. The normalized spacial score (nSPS) is 23.2. The van der Waals surface area contributed by atoms with Gasteiger partial charge in [0.2, 0.25) is 0 Å². The van der Waals surface area contributed by atoms with Crippen molar-refractivity contribution in [1.29, 1.82) is 0 Å². The lowest BCUT2D eigenvalue weighted by molar-refractivity contribution is 0.00578. The molecule has 4 nitrogen and oxygen atoms in total. The number of nitrogens with zero attached hydrogens (tertiary/aromatic N) is 1.